The highest BCUT2D eigenvalue weighted by Gasteiger charge is 2.50. The summed E-state index contributed by atoms with van der Waals surface area (Å²) in [4.78, 5) is 29.9. The molecule has 0 bridgehead atoms. The first kappa shape index (κ1) is 17.7. The van der Waals surface area contributed by atoms with Crippen molar-refractivity contribution < 1.29 is 14.3 Å². The number of ether oxygens (including phenoxy) is 1. The van der Waals surface area contributed by atoms with Gasteiger partial charge in [-0.25, -0.2) is 0 Å². The number of likely N-dealkylation sites (tertiary alicyclic amines) is 2. The van der Waals surface area contributed by atoms with E-state index < -0.39 is 0 Å². The summed E-state index contributed by atoms with van der Waals surface area (Å²) < 4.78 is 5.46. The fourth-order valence-corrected chi connectivity index (χ4v) is 5.74. The molecule has 3 saturated heterocycles. The van der Waals surface area contributed by atoms with Crippen LogP contribution in [0.4, 0.5) is 0 Å². The highest BCUT2D eigenvalue weighted by atomic mass is 32.2. The summed E-state index contributed by atoms with van der Waals surface area (Å²) >= 11 is 1.78. The van der Waals surface area contributed by atoms with Crippen molar-refractivity contribution in [2.45, 2.75) is 51.0 Å². The van der Waals surface area contributed by atoms with Gasteiger partial charge in [-0.2, -0.15) is 11.8 Å². The minimum Gasteiger partial charge on any atom is -0.381 e. The minimum atomic E-state index is -0.298. The SMILES string of the molecule is O=C(CSCC1CC1)N1CCC2(CCCN(C3CCOCC3)C2=O)C1. The van der Waals surface area contributed by atoms with Crippen LogP contribution in [0.2, 0.25) is 0 Å². The maximum atomic E-state index is 13.3. The lowest BCUT2D eigenvalue weighted by Crippen LogP contribution is -2.55. The molecule has 0 aromatic rings. The second kappa shape index (κ2) is 7.47. The first-order chi connectivity index (χ1) is 12.2. The number of hydrogen-bond acceptors (Lipinski definition) is 4. The number of carbonyl (C=O) groups excluding carboxylic acids is 2. The summed E-state index contributed by atoms with van der Waals surface area (Å²) in [6.45, 7) is 3.83. The Labute approximate surface area is 154 Å². The molecule has 3 heterocycles. The third-order valence-electron chi connectivity index (χ3n) is 6.38. The van der Waals surface area contributed by atoms with Crippen LogP contribution in [0.3, 0.4) is 0 Å². The predicted octanol–water partition coefficient (Wildman–Crippen LogP) is 2.15. The molecular weight excluding hydrogens is 336 g/mol. The van der Waals surface area contributed by atoms with Gasteiger partial charge in [0.25, 0.3) is 0 Å². The first-order valence-electron chi connectivity index (χ1n) is 9.92. The fourth-order valence-electron chi connectivity index (χ4n) is 4.60. The van der Waals surface area contributed by atoms with E-state index in [2.05, 4.69) is 4.90 Å². The lowest BCUT2D eigenvalue weighted by Gasteiger charge is -2.44. The number of carbonyl (C=O) groups is 2. The quantitative estimate of drug-likeness (QED) is 0.748. The van der Waals surface area contributed by atoms with Gasteiger partial charge in [-0.15, -0.1) is 0 Å². The maximum absolute atomic E-state index is 13.3. The molecule has 3 aliphatic heterocycles. The Morgan fingerprint density at radius 3 is 2.72 bits per heavy atom. The van der Waals surface area contributed by atoms with Gasteiger partial charge >= 0.3 is 0 Å². The third-order valence-corrected chi connectivity index (χ3v) is 7.54. The highest BCUT2D eigenvalue weighted by molar-refractivity contribution is 7.99. The van der Waals surface area contributed by atoms with E-state index in [1.54, 1.807) is 11.8 Å². The number of thioether (sulfide) groups is 1. The number of amides is 2. The standard InChI is InChI=1S/C19H30N2O3S/c22-17(13-25-12-15-2-3-15)20-9-7-19(14-20)6-1-8-21(18(19)23)16-4-10-24-11-5-16/h15-16H,1-14H2. The summed E-state index contributed by atoms with van der Waals surface area (Å²) in [7, 11) is 0. The molecule has 1 unspecified atom stereocenters. The van der Waals surface area contributed by atoms with Gasteiger partial charge in [-0.1, -0.05) is 0 Å². The average molecular weight is 367 g/mol. The van der Waals surface area contributed by atoms with Crippen molar-refractivity contribution in [2.75, 3.05) is 44.4 Å². The number of rotatable bonds is 5. The Balaban J connectivity index is 1.34. The van der Waals surface area contributed by atoms with Crippen LogP contribution in [-0.4, -0.2) is 72.0 Å². The Kier molecular flexibility index (Phi) is 5.28. The van der Waals surface area contributed by atoms with Crippen molar-refractivity contribution in [2.24, 2.45) is 11.3 Å². The van der Waals surface area contributed by atoms with Gasteiger partial charge in [0.15, 0.2) is 0 Å². The van der Waals surface area contributed by atoms with E-state index in [1.807, 2.05) is 4.90 Å². The molecule has 1 spiro atoms. The van der Waals surface area contributed by atoms with Crippen molar-refractivity contribution >= 4 is 23.6 Å². The van der Waals surface area contributed by atoms with Gasteiger partial charge in [0.05, 0.1) is 11.2 Å². The molecule has 0 N–H and O–H groups in total. The summed E-state index contributed by atoms with van der Waals surface area (Å²) in [6.07, 6.45) is 7.47. The van der Waals surface area contributed by atoms with E-state index in [9.17, 15) is 9.59 Å². The van der Waals surface area contributed by atoms with Gasteiger partial charge in [-0.3, -0.25) is 9.59 Å². The van der Waals surface area contributed by atoms with E-state index in [4.69, 9.17) is 4.74 Å². The Morgan fingerprint density at radius 2 is 1.96 bits per heavy atom. The topological polar surface area (TPSA) is 49.9 Å². The molecule has 1 atom stereocenters. The third kappa shape index (κ3) is 3.85. The molecule has 0 aromatic carbocycles. The van der Waals surface area contributed by atoms with Crippen molar-refractivity contribution in [3.05, 3.63) is 0 Å². The fraction of sp³-hybridized carbons (Fsp3) is 0.895. The molecule has 2 amide bonds. The molecule has 0 aromatic heterocycles. The van der Waals surface area contributed by atoms with Crippen molar-refractivity contribution in [3.63, 3.8) is 0 Å². The second-order valence-electron chi connectivity index (χ2n) is 8.25. The van der Waals surface area contributed by atoms with E-state index in [1.165, 1.54) is 12.8 Å². The molecule has 140 valence electrons. The Hall–Kier alpha value is -0.750. The smallest absolute Gasteiger partial charge is 0.232 e. The van der Waals surface area contributed by atoms with Gasteiger partial charge in [0.1, 0.15) is 0 Å². The van der Waals surface area contributed by atoms with Crippen LogP contribution in [0.25, 0.3) is 0 Å². The van der Waals surface area contributed by atoms with Crippen LogP contribution in [0.1, 0.15) is 44.9 Å². The zero-order chi connectivity index (χ0) is 17.3. The van der Waals surface area contributed by atoms with E-state index in [0.717, 1.165) is 70.1 Å². The van der Waals surface area contributed by atoms with E-state index in [-0.39, 0.29) is 11.3 Å². The lowest BCUT2D eigenvalue weighted by atomic mass is 9.77. The molecular formula is C19H30N2O3S. The summed E-state index contributed by atoms with van der Waals surface area (Å²) in [6, 6.07) is 0.345. The molecule has 1 saturated carbocycles. The lowest BCUT2D eigenvalue weighted by molar-refractivity contribution is -0.150. The Morgan fingerprint density at radius 1 is 1.16 bits per heavy atom. The molecule has 5 nitrogen and oxygen atoms in total. The number of piperidine rings is 1. The van der Waals surface area contributed by atoms with Crippen LogP contribution in [0.15, 0.2) is 0 Å². The predicted molar refractivity (Wildman–Crippen MR) is 98.5 cm³/mol. The summed E-state index contributed by atoms with van der Waals surface area (Å²) in [5, 5.41) is 0. The van der Waals surface area contributed by atoms with Crippen molar-refractivity contribution in [1.29, 1.82) is 0 Å². The first-order valence-corrected chi connectivity index (χ1v) is 11.1. The second-order valence-corrected chi connectivity index (χ2v) is 9.28. The number of nitrogens with zero attached hydrogens (tertiary/aromatic N) is 2. The van der Waals surface area contributed by atoms with Crippen LogP contribution in [0, 0.1) is 11.3 Å². The van der Waals surface area contributed by atoms with Crippen LogP contribution >= 0.6 is 11.8 Å². The molecule has 4 aliphatic rings. The summed E-state index contributed by atoms with van der Waals surface area (Å²) in [5.41, 5.74) is -0.298. The molecule has 1 aliphatic carbocycles. The molecule has 4 fully saturated rings. The molecule has 25 heavy (non-hydrogen) atoms. The normalized spacial score (nSPS) is 31.1. The van der Waals surface area contributed by atoms with Crippen molar-refractivity contribution in [1.82, 2.24) is 9.80 Å². The van der Waals surface area contributed by atoms with Crippen LogP contribution < -0.4 is 0 Å². The van der Waals surface area contributed by atoms with Gasteiger partial charge in [-0.05, 0) is 56.6 Å². The van der Waals surface area contributed by atoms with Gasteiger partial charge in [0.2, 0.25) is 11.8 Å². The van der Waals surface area contributed by atoms with E-state index in [0.29, 0.717) is 24.2 Å². The highest BCUT2D eigenvalue weighted by Crippen LogP contribution is 2.41. The van der Waals surface area contributed by atoms with Crippen molar-refractivity contribution in [3.8, 4) is 0 Å². The van der Waals surface area contributed by atoms with Gasteiger partial charge < -0.3 is 14.5 Å². The molecule has 0 radical (unpaired) electrons. The zero-order valence-electron chi connectivity index (χ0n) is 15.1. The van der Waals surface area contributed by atoms with Crippen LogP contribution in [0.5, 0.6) is 0 Å². The largest absolute Gasteiger partial charge is 0.381 e. The molecule has 6 heteroatoms. The monoisotopic (exact) mass is 366 g/mol. The minimum absolute atomic E-state index is 0.235. The zero-order valence-corrected chi connectivity index (χ0v) is 15.9. The maximum Gasteiger partial charge on any atom is 0.232 e. The number of hydrogen-bond donors (Lipinski definition) is 0. The van der Waals surface area contributed by atoms with E-state index >= 15 is 0 Å². The average Bonchev–Trinajstić information content (AvgIpc) is 3.36. The van der Waals surface area contributed by atoms with Crippen LogP contribution in [-0.2, 0) is 14.3 Å². The Bertz CT molecular complexity index is 519. The summed E-state index contributed by atoms with van der Waals surface area (Å²) in [5.74, 6) is 3.12. The molecule has 4 rings (SSSR count). The van der Waals surface area contributed by atoms with Gasteiger partial charge in [0, 0.05) is 38.9 Å².